The van der Waals surface area contributed by atoms with Gasteiger partial charge < -0.3 is 19.7 Å². The van der Waals surface area contributed by atoms with E-state index in [-0.39, 0.29) is 18.5 Å². The highest BCUT2D eigenvalue weighted by Gasteiger charge is 2.19. The van der Waals surface area contributed by atoms with Gasteiger partial charge in [-0.1, -0.05) is 23.5 Å². The summed E-state index contributed by atoms with van der Waals surface area (Å²) < 4.78 is 13.3. The van der Waals surface area contributed by atoms with Crippen LogP contribution in [0.25, 0.3) is 16.0 Å². The maximum absolute atomic E-state index is 12.7. The summed E-state index contributed by atoms with van der Waals surface area (Å²) in [5.41, 5.74) is 3.59. The van der Waals surface area contributed by atoms with Crippen molar-refractivity contribution in [2.24, 2.45) is 0 Å². The molecular weight excluding hydrogens is 438 g/mol. The lowest BCUT2D eigenvalue weighted by molar-refractivity contribution is -0.120. The Bertz CT molecular complexity index is 1250. The van der Waals surface area contributed by atoms with Crippen molar-refractivity contribution >= 4 is 32.7 Å². The van der Waals surface area contributed by atoms with Crippen LogP contribution in [-0.2, 0) is 4.79 Å². The van der Waals surface area contributed by atoms with Gasteiger partial charge in [-0.3, -0.25) is 4.79 Å². The lowest BCUT2D eigenvalue weighted by Gasteiger charge is -2.19. The molecule has 0 bridgehead atoms. The predicted molar refractivity (Wildman–Crippen MR) is 131 cm³/mol. The topological polar surface area (TPSA) is 81.5 Å². The smallest absolute Gasteiger partial charge is 0.240 e. The van der Waals surface area contributed by atoms with E-state index < -0.39 is 0 Å². The molecule has 2 aromatic carbocycles. The van der Waals surface area contributed by atoms with Crippen LogP contribution in [-0.4, -0.2) is 48.5 Å². The summed E-state index contributed by atoms with van der Waals surface area (Å²) in [4.78, 5) is 19.3. The molecule has 0 radical (unpaired) electrons. The number of benzene rings is 2. The normalized spacial score (nSPS) is 11.9. The summed E-state index contributed by atoms with van der Waals surface area (Å²) in [6.45, 7) is 4.13. The Kier molecular flexibility index (Phi) is 6.50. The summed E-state index contributed by atoms with van der Waals surface area (Å²) >= 11 is 1.53. The van der Waals surface area contributed by atoms with Crippen molar-refractivity contribution in [2.45, 2.75) is 19.9 Å². The van der Waals surface area contributed by atoms with Crippen molar-refractivity contribution in [3.8, 4) is 17.2 Å². The lowest BCUT2D eigenvalue weighted by atomic mass is 10.1. The van der Waals surface area contributed by atoms with Crippen LogP contribution < -0.4 is 19.7 Å². The number of carbonyl (C=O) groups excluding carboxylic acids is 1. The number of anilines is 1. The Labute approximate surface area is 196 Å². The Balaban J connectivity index is 1.47. The summed E-state index contributed by atoms with van der Waals surface area (Å²) in [5, 5.41) is 8.45. The van der Waals surface area contributed by atoms with Gasteiger partial charge >= 0.3 is 0 Å². The van der Waals surface area contributed by atoms with Gasteiger partial charge in [0.15, 0.2) is 10.8 Å². The Morgan fingerprint density at radius 1 is 1.09 bits per heavy atom. The fourth-order valence-electron chi connectivity index (χ4n) is 3.54. The number of nitrogens with zero attached hydrogens (tertiary/aromatic N) is 4. The van der Waals surface area contributed by atoms with Crippen molar-refractivity contribution in [1.29, 1.82) is 0 Å². The third-order valence-electron chi connectivity index (χ3n) is 5.39. The van der Waals surface area contributed by atoms with Crippen molar-refractivity contribution in [2.75, 3.05) is 32.7 Å². The van der Waals surface area contributed by atoms with Gasteiger partial charge in [-0.25, -0.2) is 4.68 Å². The summed E-state index contributed by atoms with van der Waals surface area (Å²) in [6.07, 6.45) is 0. The zero-order valence-electron chi connectivity index (χ0n) is 19.3. The number of likely N-dealkylation sites (N-methyl/N-ethyl adjacent to an activating group) is 1. The van der Waals surface area contributed by atoms with Crippen LogP contribution in [0.15, 0.2) is 48.5 Å². The molecular formula is C24H27N5O3S. The van der Waals surface area contributed by atoms with Crippen LogP contribution in [0.3, 0.4) is 0 Å². The minimum absolute atomic E-state index is 0.0754. The number of carbonyl (C=O) groups is 1. The van der Waals surface area contributed by atoms with Crippen LogP contribution in [0.1, 0.15) is 24.2 Å². The number of fused-ring (bicyclic) bond motifs is 1. The molecule has 0 saturated carbocycles. The lowest BCUT2D eigenvalue weighted by Crippen LogP contribution is -2.36. The van der Waals surface area contributed by atoms with E-state index >= 15 is 0 Å². The van der Waals surface area contributed by atoms with E-state index in [4.69, 9.17) is 14.5 Å². The first-order valence-electron chi connectivity index (χ1n) is 10.5. The number of thiazole rings is 1. The molecule has 1 atom stereocenters. The number of aryl methyl sites for hydroxylation is 1. The molecule has 0 fully saturated rings. The standard InChI is InChI=1S/C24H27N5O3S/c1-15(17-6-10-19(31-4)11-7-17)25-21(30)14-28(3)24-26-23-22(33-24)16(2)27-29(23)18-8-12-20(32-5)13-9-18/h6-13,15H,14H2,1-5H3,(H,25,30)/t15-/m1/s1. The van der Waals surface area contributed by atoms with Crippen LogP contribution in [0.5, 0.6) is 11.5 Å². The van der Waals surface area contributed by atoms with Crippen molar-refractivity contribution in [3.63, 3.8) is 0 Å². The van der Waals surface area contributed by atoms with Gasteiger partial charge in [-0.2, -0.15) is 10.1 Å². The highest BCUT2D eigenvalue weighted by molar-refractivity contribution is 7.22. The van der Waals surface area contributed by atoms with E-state index in [1.807, 2.05) is 79.0 Å². The first-order valence-corrected chi connectivity index (χ1v) is 11.4. The predicted octanol–water partition coefficient (Wildman–Crippen LogP) is 4.12. The van der Waals surface area contributed by atoms with E-state index in [1.165, 1.54) is 11.3 Å². The van der Waals surface area contributed by atoms with Crippen molar-refractivity contribution < 1.29 is 14.3 Å². The number of aromatic nitrogens is 3. The fourth-order valence-corrected chi connectivity index (χ4v) is 4.48. The molecule has 1 N–H and O–H groups in total. The van der Waals surface area contributed by atoms with Crippen LogP contribution in [0, 0.1) is 6.92 Å². The third kappa shape index (κ3) is 4.78. The molecule has 172 valence electrons. The fraction of sp³-hybridized carbons (Fsp3) is 0.292. The van der Waals surface area contributed by atoms with Gasteiger partial charge in [0.2, 0.25) is 5.91 Å². The highest BCUT2D eigenvalue weighted by atomic mass is 32.1. The highest BCUT2D eigenvalue weighted by Crippen LogP contribution is 2.32. The zero-order valence-corrected chi connectivity index (χ0v) is 20.1. The minimum Gasteiger partial charge on any atom is -0.497 e. The quantitative estimate of drug-likeness (QED) is 0.422. The molecule has 2 aromatic heterocycles. The Morgan fingerprint density at radius 3 is 2.30 bits per heavy atom. The van der Waals surface area contributed by atoms with Gasteiger partial charge in [-0.15, -0.1) is 0 Å². The number of nitrogens with one attached hydrogen (secondary N) is 1. The zero-order chi connectivity index (χ0) is 23.5. The largest absolute Gasteiger partial charge is 0.497 e. The van der Waals surface area contributed by atoms with Gasteiger partial charge in [0.05, 0.1) is 42.9 Å². The molecule has 0 unspecified atom stereocenters. The van der Waals surface area contributed by atoms with Gasteiger partial charge in [0, 0.05) is 7.05 Å². The van der Waals surface area contributed by atoms with Crippen molar-refractivity contribution in [1.82, 2.24) is 20.1 Å². The first-order chi connectivity index (χ1) is 15.9. The number of hydrogen-bond donors (Lipinski definition) is 1. The molecule has 1 amide bonds. The van der Waals surface area contributed by atoms with Crippen LogP contribution >= 0.6 is 11.3 Å². The molecule has 0 aliphatic rings. The maximum atomic E-state index is 12.7. The molecule has 0 spiro atoms. The Hall–Kier alpha value is -3.59. The Morgan fingerprint density at radius 2 is 1.70 bits per heavy atom. The number of ether oxygens (including phenoxy) is 2. The summed E-state index contributed by atoms with van der Waals surface area (Å²) in [5.74, 6) is 1.50. The number of rotatable bonds is 8. The molecule has 4 rings (SSSR count). The molecule has 9 heteroatoms. The average Bonchev–Trinajstić information content (AvgIpc) is 3.40. The summed E-state index contributed by atoms with van der Waals surface area (Å²) in [6, 6.07) is 15.3. The molecule has 33 heavy (non-hydrogen) atoms. The van der Waals surface area contributed by atoms with Gasteiger partial charge in [0.1, 0.15) is 11.5 Å². The first kappa shape index (κ1) is 22.6. The minimum atomic E-state index is -0.113. The SMILES string of the molecule is COc1ccc([C@@H](C)NC(=O)CN(C)c2nc3c(s2)c(C)nn3-c2ccc(OC)cc2)cc1. The van der Waals surface area contributed by atoms with E-state index in [1.54, 1.807) is 14.2 Å². The second kappa shape index (κ2) is 9.50. The molecule has 2 heterocycles. The van der Waals surface area contributed by atoms with Crippen LogP contribution in [0.4, 0.5) is 5.13 Å². The van der Waals surface area contributed by atoms with E-state index in [0.717, 1.165) is 43.9 Å². The molecule has 0 aliphatic carbocycles. The second-order valence-corrected chi connectivity index (χ2v) is 8.74. The van der Waals surface area contributed by atoms with E-state index in [9.17, 15) is 4.79 Å². The molecule has 4 aromatic rings. The molecule has 8 nitrogen and oxygen atoms in total. The van der Waals surface area contributed by atoms with Gasteiger partial charge in [-0.05, 0) is 55.8 Å². The number of hydrogen-bond acceptors (Lipinski definition) is 7. The summed E-state index contributed by atoms with van der Waals surface area (Å²) in [7, 11) is 5.14. The maximum Gasteiger partial charge on any atom is 0.240 e. The third-order valence-corrected chi connectivity index (χ3v) is 6.66. The monoisotopic (exact) mass is 465 g/mol. The second-order valence-electron chi connectivity index (χ2n) is 7.76. The van der Waals surface area contributed by atoms with E-state index in [2.05, 4.69) is 10.4 Å². The van der Waals surface area contributed by atoms with E-state index in [0.29, 0.717) is 0 Å². The van der Waals surface area contributed by atoms with Gasteiger partial charge in [0.25, 0.3) is 0 Å². The molecule has 0 aliphatic heterocycles. The number of amides is 1. The molecule has 0 saturated heterocycles. The van der Waals surface area contributed by atoms with Crippen molar-refractivity contribution in [3.05, 3.63) is 59.8 Å². The number of methoxy groups -OCH3 is 2. The van der Waals surface area contributed by atoms with Crippen LogP contribution in [0.2, 0.25) is 0 Å². The average molecular weight is 466 g/mol.